The maximum atomic E-state index is 10.3. The Morgan fingerprint density at radius 1 is 1.04 bits per heavy atom. The summed E-state index contributed by atoms with van der Waals surface area (Å²) in [5.74, 6) is 0.550. The van der Waals surface area contributed by atoms with E-state index in [1.807, 2.05) is 18.2 Å². The highest BCUT2D eigenvalue weighted by molar-refractivity contribution is 5.99. The van der Waals surface area contributed by atoms with Crippen molar-refractivity contribution < 1.29 is 28.8 Å². The summed E-state index contributed by atoms with van der Waals surface area (Å²) in [6.45, 7) is 2.42. The minimum atomic E-state index is -1.28. The zero-order valence-electron chi connectivity index (χ0n) is 14.3. The molecule has 1 heterocycles. The molecule has 0 bridgehead atoms. The van der Waals surface area contributed by atoms with Crippen LogP contribution in [0, 0.1) is 0 Å². The largest absolute Gasteiger partial charge is 0.496 e. The number of fused-ring (bicyclic) bond motifs is 1. The predicted octanol–water partition coefficient (Wildman–Crippen LogP) is 2.45. The van der Waals surface area contributed by atoms with Crippen LogP contribution in [0.2, 0.25) is 0 Å². The Hall–Kier alpha value is -2.02. The van der Waals surface area contributed by atoms with Crippen molar-refractivity contribution in [2.75, 3.05) is 34.5 Å². The molecule has 0 radical (unpaired) electrons. The molecule has 1 aliphatic rings. The second-order valence-corrected chi connectivity index (χ2v) is 5.58. The Morgan fingerprint density at radius 2 is 1.71 bits per heavy atom. The molecule has 130 valence electrons. The van der Waals surface area contributed by atoms with E-state index in [1.165, 1.54) is 0 Å². The molecule has 1 fully saturated rings. The van der Waals surface area contributed by atoms with Gasteiger partial charge in [-0.2, -0.15) is 0 Å². The van der Waals surface area contributed by atoms with Gasteiger partial charge in [0.05, 0.1) is 45.5 Å². The predicted molar refractivity (Wildman–Crippen MR) is 88.9 cm³/mol. The molecular formula is C18H22O6. The third-order valence-corrected chi connectivity index (χ3v) is 4.32. The van der Waals surface area contributed by atoms with Crippen LogP contribution in [-0.2, 0) is 15.3 Å². The van der Waals surface area contributed by atoms with Crippen LogP contribution in [0.1, 0.15) is 12.5 Å². The quantitative estimate of drug-likeness (QED) is 0.906. The first-order valence-electron chi connectivity index (χ1n) is 7.77. The van der Waals surface area contributed by atoms with Crippen molar-refractivity contribution in [3.05, 3.63) is 29.8 Å². The highest BCUT2D eigenvalue weighted by Gasteiger charge is 2.46. The lowest BCUT2D eigenvalue weighted by atomic mass is 9.94. The van der Waals surface area contributed by atoms with Crippen molar-refractivity contribution in [3.63, 3.8) is 0 Å². The average Bonchev–Trinajstić information content (AvgIpc) is 3.10. The fraction of sp³-hybridized carbons (Fsp3) is 0.444. The minimum Gasteiger partial charge on any atom is -0.496 e. The van der Waals surface area contributed by atoms with Gasteiger partial charge in [0.15, 0.2) is 0 Å². The fourth-order valence-corrected chi connectivity index (χ4v) is 3.25. The van der Waals surface area contributed by atoms with Crippen molar-refractivity contribution in [3.8, 4) is 17.2 Å². The Balaban J connectivity index is 2.37. The molecule has 0 amide bonds. The first-order valence-corrected chi connectivity index (χ1v) is 7.77. The van der Waals surface area contributed by atoms with Gasteiger partial charge in [-0.1, -0.05) is 12.1 Å². The first-order chi connectivity index (χ1) is 11.6. The van der Waals surface area contributed by atoms with Gasteiger partial charge in [0, 0.05) is 5.39 Å². The second-order valence-electron chi connectivity index (χ2n) is 5.58. The van der Waals surface area contributed by atoms with Crippen molar-refractivity contribution in [2.24, 2.45) is 0 Å². The number of ether oxygens (including phenoxy) is 5. The van der Waals surface area contributed by atoms with Crippen molar-refractivity contribution in [1.82, 2.24) is 0 Å². The smallest absolute Gasteiger partial charge is 0.225 e. The van der Waals surface area contributed by atoms with Gasteiger partial charge < -0.3 is 28.8 Å². The highest BCUT2D eigenvalue weighted by Crippen LogP contribution is 2.48. The summed E-state index contributed by atoms with van der Waals surface area (Å²) in [7, 11) is 4.77. The Morgan fingerprint density at radius 3 is 2.25 bits per heavy atom. The molecule has 2 aromatic carbocycles. The standard InChI is InChI=1S/C18H22O6/c1-11(19)18(23-8-9-24-18)13-10-15(21-3)16-12(17(13)22-4)6-5-7-14(16)20-2/h5-7,10-11,19H,8-9H2,1-4H3/t11-/m1/s1. The van der Waals surface area contributed by atoms with Gasteiger partial charge in [-0.3, -0.25) is 0 Å². The molecule has 1 saturated heterocycles. The molecule has 24 heavy (non-hydrogen) atoms. The number of aliphatic hydroxyl groups is 1. The molecule has 0 aliphatic carbocycles. The summed E-state index contributed by atoms with van der Waals surface area (Å²) in [5, 5.41) is 11.9. The van der Waals surface area contributed by atoms with Crippen molar-refractivity contribution >= 4 is 10.8 Å². The zero-order valence-corrected chi connectivity index (χ0v) is 14.3. The van der Waals surface area contributed by atoms with E-state index in [2.05, 4.69) is 0 Å². The summed E-state index contributed by atoms with van der Waals surface area (Å²) < 4.78 is 28.3. The van der Waals surface area contributed by atoms with Crippen LogP contribution < -0.4 is 14.2 Å². The highest BCUT2D eigenvalue weighted by atomic mass is 16.7. The molecule has 3 rings (SSSR count). The van der Waals surface area contributed by atoms with Gasteiger partial charge in [0.1, 0.15) is 23.4 Å². The SMILES string of the molecule is COc1c(C2([C@@H](C)O)OCCO2)cc(OC)c2c(OC)cccc12. The van der Waals surface area contributed by atoms with Gasteiger partial charge in [-0.25, -0.2) is 0 Å². The first kappa shape index (κ1) is 16.8. The van der Waals surface area contributed by atoms with E-state index in [0.717, 1.165) is 10.8 Å². The minimum absolute atomic E-state index is 0.395. The third kappa shape index (κ3) is 2.38. The van der Waals surface area contributed by atoms with Crippen LogP contribution in [0.5, 0.6) is 17.2 Å². The molecule has 1 atom stereocenters. The molecule has 2 aromatic rings. The van der Waals surface area contributed by atoms with E-state index in [-0.39, 0.29) is 0 Å². The molecule has 0 aromatic heterocycles. The van der Waals surface area contributed by atoms with Crippen LogP contribution >= 0.6 is 0 Å². The lowest BCUT2D eigenvalue weighted by molar-refractivity contribution is -0.224. The molecule has 6 nitrogen and oxygen atoms in total. The number of benzene rings is 2. The van der Waals surface area contributed by atoms with Gasteiger partial charge in [-0.15, -0.1) is 0 Å². The maximum Gasteiger partial charge on any atom is 0.225 e. The molecule has 0 spiro atoms. The van der Waals surface area contributed by atoms with Crippen molar-refractivity contribution in [2.45, 2.75) is 18.8 Å². The maximum absolute atomic E-state index is 10.3. The summed E-state index contributed by atoms with van der Waals surface area (Å²) >= 11 is 0. The molecule has 6 heteroatoms. The van der Waals surface area contributed by atoms with E-state index in [9.17, 15) is 5.11 Å². The lowest BCUT2D eigenvalue weighted by Gasteiger charge is -2.32. The van der Waals surface area contributed by atoms with E-state index in [1.54, 1.807) is 34.3 Å². The molecule has 0 saturated carbocycles. The van der Waals surface area contributed by atoms with Crippen LogP contribution in [0.4, 0.5) is 0 Å². The molecular weight excluding hydrogens is 312 g/mol. The number of hydrogen-bond acceptors (Lipinski definition) is 6. The van der Waals surface area contributed by atoms with Crippen LogP contribution in [0.25, 0.3) is 10.8 Å². The van der Waals surface area contributed by atoms with Gasteiger partial charge >= 0.3 is 0 Å². The summed E-state index contributed by atoms with van der Waals surface area (Å²) in [6, 6.07) is 7.42. The fourth-order valence-electron chi connectivity index (χ4n) is 3.25. The lowest BCUT2D eigenvalue weighted by Crippen LogP contribution is -2.39. The summed E-state index contributed by atoms with van der Waals surface area (Å²) in [4.78, 5) is 0. The van der Waals surface area contributed by atoms with Crippen LogP contribution in [-0.4, -0.2) is 45.8 Å². The topological polar surface area (TPSA) is 66.4 Å². The molecule has 0 unspecified atom stereocenters. The Labute approximate surface area is 140 Å². The van der Waals surface area contributed by atoms with E-state index in [4.69, 9.17) is 23.7 Å². The van der Waals surface area contributed by atoms with Gasteiger partial charge in [0.2, 0.25) is 5.79 Å². The number of methoxy groups -OCH3 is 3. The van der Waals surface area contributed by atoms with Crippen LogP contribution in [0.3, 0.4) is 0 Å². The van der Waals surface area contributed by atoms with Crippen LogP contribution in [0.15, 0.2) is 24.3 Å². The Kier molecular flexibility index (Phi) is 4.54. The van der Waals surface area contributed by atoms with Crippen molar-refractivity contribution in [1.29, 1.82) is 0 Å². The number of rotatable bonds is 5. The second kappa shape index (κ2) is 6.47. The molecule has 1 aliphatic heterocycles. The summed E-state index contributed by atoms with van der Waals surface area (Å²) in [6.07, 6.45) is -0.887. The number of aliphatic hydroxyl groups excluding tert-OH is 1. The third-order valence-electron chi connectivity index (χ3n) is 4.32. The van der Waals surface area contributed by atoms with E-state index >= 15 is 0 Å². The Bertz CT molecular complexity index is 734. The monoisotopic (exact) mass is 334 g/mol. The molecule has 1 N–H and O–H groups in total. The summed E-state index contributed by atoms with van der Waals surface area (Å²) in [5.41, 5.74) is 0.593. The van der Waals surface area contributed by atoms with E-state index < -0.39 is 11.9 Å². The average molecular weight is 334 g/mol. The zero-order chi connectivity index (χ0) is 17.3. The van der Waals surface area contributed by atoms with E-state index in [0.29, 0.717) is 36.0 Å². The normalized spacial score (nSPS) is 17.7. The number of hydrogen-bond donors (Lipinski definition) is 1. The van der Waals surface area contributed by atoms with Gasteiger partial charge in [0.25, 0.3) is 0 Å². The van der Waals surface area contributed by atoms with Gasteiger partial charge in [-0.05, 0) is 19.1 Å².